The van der Waals surface area contributed by atoms with E-state index in [1.165, 1.54) is 42.2 Å². The standard InChI is InChI=1S/C21H23N5O5S/c1-14(2)25-32(29,30)18-11-9-16(10-12-18)23-20(27)15(3)31-21(28)19-13-22-26(24-19)17-7-5-4-6-8-17/h4-15,25H,1-3H3,(H,23,27). The molecule has 3 aromatic rings. The van der Waals surface area contributed by atoms with E-state index in [4.69, 9.17) is 4.74 Å². The van der Waals surface area contributed by atoms with Gasteiger partial charge in [0, 0.05) is 11.7 Å². The molecule has 1 heterocycles. The summed E-state index contributed by atoms with van der Waals surface area (Å²) in [5, 5.41) is 10.7. The van der Waals surface area contributed by atoms with Gasteiger partial charge in [-0.1, -0.05) is 18.2 Å². The molecule has 0 aliphatic rings. The van der Waals surface area contributed by atoms with E-state index in [0.29, 0.717) is 11.4 Å². The molecule has 0 aliphatic carbocycles. The number of amides is 1. The maximum absolute atomic E-state index is 12.4. The van der Waals surface area contributed by atoms with Crippen molar-refractivity contribution in [1.82, 2.24) is 19.7 Å². The predicted octanol–water partition coefficient (Wildman–Crippen LogP) is 2.14. The van der Waals surface area contributed by atoms with E-state index >= 15 is 0 Å². The van der Waals surface area contributed by atoms with Gasteiger partial charge in [-0.05, 0) is 57.2 Å². The molecule has 0 saturated carbocycles. The Bertz CT molecular complexity index is 1190. The highest BCUT2D eigenvalue weighted by atomic mass is 32.2. The van der Waals surface area contributed by atoms with Gasteiger partial charge < -0.3 is 10.1 Å². The van der Waals surface area contributed by atoms with Crippen molar-refractivity contribution in [2.75, 3.05) is 5.32 Å². The lowest BCUT2D eigenvalue weighted by Gasteiger charge is -2.13. The van der Waals surface area contributed by atoms with Gasteiger partial charge in [0.1, 0.15) is 0 Å². The fourth-order valence-corrected chi connectivity index (χ4v) is 3.91. The number of anilines is 1. The molecule has 1 atom stereocenters. The molecule has 0 spiro atoms. The van der Waals surface area contributed by atoms with E-state index in [0.717, 1.165) is 0 Å². The highest BCUT2D eigenvalue weighted by Gasteiger charge is 2.22. The zero-order chi connectivity index (χ0) is 23.3. The minimum atomic E-state index is -3.63. The van der Waals surface area contributed by atoms with Crippen LogP contribution in [0.25, 0.3) is 5.69 Å². The van der Waals surface area contributed by atoms with Crippen molar-refractivity contribution >= 4 is 27.6 Å². The number of ether oxygens (including phenoxy) is 1. The third-order valence-electron chi connectivity index (χ3n) is 4.16. The summed E-state index contributed by atoms with van der Waals surface area (Å²) >= 11 is 0. The van der Waals surface area contributed by atoms with Crippen LogP contribution in [0.2, 0.25) is 0 Å². The summed E-state index contributed by atoms with van der Waals surface area (Å²) in [6.45, 7) is 4.86. The molecule has 1 unspecified atom stereocenters. The van der Waals surface area contributed by atoms with Crippen molar-refractivity contribution in [2.45, 2.75) is 37.8 Å². The maximum atomic E-state index is 12.4. The molecule has 11 heteroatoms. The van der Waals surface area contributed by atoms with E-state index in [9.17, 15) is 18.0 Å². The van der Waals surface area contributed by atoms with E-state index in [1.807, 2.05) is 18.2 Å². The average molecular weight is 458 g/mol. The Kier molecular flexibility index (Phi) is 7.01. The molecule has 32 heavy (non-hydrogen) atoms. The first kappa shape index (κ1) is 23.1. The molecule has 1 aromatic heterocycles. The summed E-state index contributed by atoms with van der Waals surface area (Å²) in [5.41, 5.74) is 0.989. The van der Waals surface area contributed by atoms with Crippen LogP contribution >= 0.6 is 0 Å². The normalized spacial score (nSPS) is 12.4. The topological polar surface area (TPSA) is 132 Å². The van der Waals surface area contributed by atoms with Crippen LogP contribution in [0.1, 0.15) is 31.3 Å². The highest BCUT2D eigenvalue weighted by Crippen LogP contribution is 2.15. The molecular weight excluding hydrogens is 434 g/mol. The van der Waals surface area contributed by atoms with Crippen molar-refractivity contribution in [3.63, 3.8) is 0 Å². The molecule has 3 rings (SSSR count). The van der Waals surface area contributed by atoms with Crippen LogP contribution in [-0.2, 0) is 19.6 Å². The third-order valence-corrected chi connectivity index (χ3v) is 5.84. The second-order valence-electron chi connectivity index (χ2n) is 7.19. The second kappa shape index (κ2) is 9.71. The largest absolute Gasteiger partial charge is 0.448 e. The summed E-state index contributed by atoms with van der Waals surface area (Å²) in [6, 6.07) is 14.4. The van der Waals surface area contributed by atoms with Crippen LogP contribution < -0.4 is 10.0 Å². The van der Waals surface area contributed by atoms with Crippen molar-refractivity contribution in [3.05, 3.63) is 66.5 Å². The quantitative estimate of drug-likeness (QED) is 0.495. The number of hydrogen-bond donors (Lipinski definition) is 2. The lowest BCUT2D eigenvalue weighted by Crippen LogP contribution is -2.31. The Morgan fingerprint density at radius 2 is 1.66 bits per heavy atom. The Morgan fingerprint density at radius 3 is 2.28 bits per heavy atom. The van der Waals surface area contributed by atoms with E-state index < -0.39 is 28.0 Å². The highest BCUT2D eigenvalue weighted by molar-refractivity contribution is 7.89. The zero-order valence-corrected chi connectivity index (χ0v) is 18.5. The van der Waals surface area contributed by atoms with Gasteiger partial charge in [0.2, 0.25) is 10.0 Å². The number of sulfonamides is 1. The Labute approximate surface area is 185 Å². The Balaban J connectivity index is 1.59. The molecule has 0 radical (unpaired) electrons. The predicted molar refractivity (Wildman–Crippen MR) is 117 cm³/mol. The molecule has 0 bridgehead atoms. The van der Waals surface area contributed by atoms with Crippen LogP contribution in [0.15, 0.2) is 65.7 Å². The third kappa shape index (κ3) is 5.77. The molecule has 0 fully saturated rings. The number of nitrogens with zero attached hydrogens (tertiary/aromatic N) is 3. The molecule has 0 saturated heterocycles. The van der Waals surface area contributed by atoms with Gasteiger partial charge in [0.25, 0.3) is 5.91 Å². The average Bonchev–Trinajstić information content (AvgIpc) is 3.24. The zero-order valence-electron chi connectivity index (χ0n) is 17.7. The van der Waals surface area contributed by atoms with Gasteiger partial charge in [-0.3, -0.25) is 4.79 Å². The molecule has 0 aliphatic heterocycles. The van der Waals surface area contributed by atoms with Crippen LogP contribution in [0.5, 0.6) is 0 Å². The van der Waals surface area contributed by atoms with Gasteiger partial charge in [-0.25, -0.2) is 17.9 Å². The van der Waals surface area contributed by atoms with Crippen molar-refractivity contribution in [1.29, 1.82) is 0 Å². The number of carbonyl (C=O) groups excluding carboxylic acids is 2. The monoisotopic (exact) mass is 457 g/mol. The van der Waals surface area contributed by atoms with Gasteiger partial charge in [0.05, 0.1) is 16.8 Å². The maximum Gasteiger partial charge on any atom is 0.361 e. The SMILES string of the molecule is CC(C)NS(=O)(=O)c1ccc(NC(=O)C(C)OC(=O)c2cnn(-c3ccccc3)n2)cc1. The van der Waals surface area contributed by atoms with E-state index in [-0.39, 0.29) is 16.6 Å². The number of aromatic nitrogens is 3. The lowest BCUT2D eigenvalue weighted by atomic mass is 10.3. The molecule has 168 valence electrons. The van der Waals surface area contributed by atoms with Crippen molar-refractivity contribution in [3.8, 4) is 5.69 Å². The number of benzene rings is 2. The van der Waals surface area contributed by atoms with Crippen LogP contribution in [0, 0.1) is 0 Å². The van der Waals surface area contributed by atoms with Crippen LogP contribution in [-0.4, -0.2) is 47.4 Å². The van der Waals surface area contributed by atoms with Gasteiger partial charge in [0.15, 0.2) is 11.8 Å². The molecule has 10 nitrogen and oxygen atoms in total. The fraction of sp³-hybridized carbons (Fsp3) is 0.238. The first-order chi connectivity index (χ1) is 15.2. The number of hydrogen-bond acceptors (Lipinski definition) is 7. The fourth-order valence-electron chi connectivity index (χ4n) is 2.66. The first-order valence-electron chi connectivity index (χ1n) is 9.78. The molecular formula is C21H23N5O5S. The minimum absolute atomic E-state index is 0.0410. The molecule has 2 aromatic carbocycles. The lowest BCUT2D eigenvalue weighted by molar-refractivity contribution is -0.123. The van der Waals surface area contributed by atoms with Crippen molar-refractivity contribution < 1.29 is 22.7 Å². The van der Waals surface area contributed by atoms with Crippen LogP contribution in [0.4, 0.5) is 5.69 Å². The first-order valence-corrected chi connectivity index (χ1v) is 11.3. The number of para-hydroxylation sites is 1. The summed E-state index contributed by atoms with van der Waals surface area (Å²) < 4.78 is 32.0. The summed E-state index contributed by atoms with van der Waals surface area (Å²) in [5.74, 6) is -1.37. The smallest absolute Gasteiger partial charge is 0.361 e. The minimum Gasteiger partial charge on any atom is -0.448 e. The summed E-state index contributed by atoms with van der Waals surface area (Å²) in [4.78, 5) is 26.0. The van der Waals surface area contributed by atoms with Gasteiger partial charge in [-0.15, -0.1) is 5.10 Å². The Morgan fingerprint density at radius 1 is 1.00 bits per heavy atom. The van der Waals surface area contributed by atoms with E-state index in [2.05, 4.69) is 20.2 Å². The van der Waals surface area contributed by atoms with E-state index in [1.54, 1.807) is 26.0 Å². The second-order valence-corrected chi connectivity index (χ2v) is 8.91. The number of carbonyl (C=O) groups is 2. The number of rotatable bonds is 8. The number of esters is 1. The van der Waals surface area contributed by atoms with Crippen molar-refractivity contribution in [2.24, 2.45) is 0 Å². The molecule has 1 amide bonds. The summed E-state index contributed by atoms with van der Waals surface area (Å²) in [6.07, 6.45) is 0.139. The molecule has 2 N–H and O–H groups in total. The van der Waals surface area contributed by atoms with Crippen LogP contribution in [0.3, 0.4) is 0 Å². The Hall–Kier alpha value is -3.57. The summed E-state index contributed by atoms with van der Waals surface area (Å²) in [7, 11) is -3.63. The van der Waals surface area contributed by atoms with Gasteiger partial charge >= 0.3 is 5.97 Å². The van der Waals surface area contributed by atoms with Gasteiger partial charge in [-0.2, -0.15) is 9.90 Å². The number of nitrogens with one attached hydrogen (secondary N) is 2.